The van der Waals surface area contributed by atoms with E-state index in [0.717, 1.165) is 27.9 Å². The Morgan fingerprint density at radius 3 is 2.89 bits per heavy atom. The van der Waals surface area contributed by atoms with Crippen molar-refractivity contribution < 1.29 is 0 Å². The van der Waals surface area contributed by atoms with Gasteiger partial charge in [-0.3, -0.25) is 0 Å². The summed E-state index contributed by atoms with van der Waals surface area (Å²) in [4.78, 5) is 0. The molecular formula is C14H18BrN3. The first-order chi connectivity index (χ1) is 8.58. The summed E-state index contributed by atoms with van der Waals surface area (Å²) in [5.74, 6) is 5.98. The van der Waals surface area contributed by atoms with Gasteiger partial charge in [0.1, 0.15) is 0 Å². The van der Waals surface area contributed by atoms with Gasteiger partial charge in [-0.25, -0.2) is 5.84 Å². The molecule has 0 saturated heterocycles. The van der Waals surface area contributed by atoms with Crippen molar-refractivity contribution in [1.82, 2.24) is 0 Å². The number of halogens is 1. The number of allylic oxidation sites excluding steroid dienone is 3. The lowest BCUT2D eigenvalue weighted by molar-refractivity contribution is 0.912. The third-order valence-corrected chi connectivity index (χ3v) is 2.93. The molecule has 18 heavy (non-hydrogen) atoms. The molecule has 4 heteroatoms. The number of rotatable bonds is 5. The molecule has 0 amide bonds. The summed E-state index contributed by atoms with van der Waals surface area (Å²) in [5.41, 5.74) is 2.85. The molecule has 0 aliphatic carbocycles. The van der Waals surface area contributed by atoms with Crippen LogP contribution in [0.1, 0.15) is 18.9 Å². The zero-order chi connectivity index (χ0) is 13.5. The number of benzene rings is 1. The molecule has 0 spiro atoms. The molecule has 1 aromatic carbocycles. The Morgan fingerprint density at radius 2 is 2.28 bits per heavy atom. The lowest BCUT2D eigenvalue weighted by Crippen LogP contribution is -2.26. The SMILES string of the molecule is C=C/C=C\C(CC)=N\N(N)c1cc(Br)ccc1C. The molecule has 0 aliphatic rings. The first-order valence-corrected chi connectivity index (χ1v) is 6.55. The van der Waals surface area contributed by atoms with Gasteiger partial charge in [0.2, 0.25) is 0 Å². The molecule has 3 nitrogen and oxygen atoms in total. The molecule has 0 aliphatic heterocycles. The average molecular weight is 308 g/mol. The van der Waals surface area contributed by atoms with Gasteiger partial charge in [0.05, 0.1) is 11.4 Å². The number of hydrazine groups is 1. The monoisotopic (exact) mass is 307 g/mol. The summed E-state index contributed by atoms with van der Waals surface area (Å²) in [5, 5.41) is 5.79. The average Bonchev–Trinajstić information content (AvgIpc) is 2.37. The van der Waals surface area contributed by atoms with E-state index < -0.39 is 0 Å². The summed E-state index contributed by atoms with van der Waals surface area (Å²) >= 11 is 3.43. The molecule has 0 bridgehead atoms. The highest BCUT2D eigenvalue weighted by molar-refractivity contribution is 9.10. The molecule has 1 rings (SSSR count). The van der Waals surface area contributed by atoms with Crippen molar-refractivity contribution >= 4 is 27.3 Å². The molecule has 0 unspecified atom stereocenters. The fourth-order valence-corrected chi connectivity index (χ4v) is 1.77. The number of aryl methyl sites for hydroxylation is 1. The van der Waals surface area contributed by atoms with Crippen LogP contribution in [0.15, 0.2) is 52.6 Å². The van der Waals surface area contributed by atoms with Gasteiger partial charge in [0.25, 0.3) is 0 Å². The highest BCUT2D eigenvalue weighted by Gasteiger charge is 2.05. The molecule has 0 atom stereocenters. The Bertz CT molecular complexity index is 478. The van der Waals surface area contributed by atoms with Crippen LogP contribution in [0.4, 0.5) is 5.69 Å². The van der Waals surface area contributed by atoms with Crippen molar-refractivity contribution in [2.45, 2.75) is 20.3 Å². The van der Waals surface area contributed by atoms with Gasteiger partial charge in [-0.05, 0) is 37.1 Å². The second kappa shape index (κ2) is 7.13. The molecule has 0 radical (unpaired) electrons. The molecule has 0 fully saturated rings. The summed E-state index contributed by atoms with van der Waals surface area (Å²) in [7, 11) is 0. The lowest BCUT2D eigenvalue weighted by Gasteiger charge is -2.16. The van der Waals surface area contributed by atoms with Gasteiger partial charge in [-0.1, -0.05) is 47.7 Å². The Labute approximate surface area is 117 Å². The predicted molar refractivity (Wildman–Crippen MR) is 82.6 cm³/mol. The quantitative estimate of drug-likeness (QED) is 0.387. The number of anilines is 1. The van der Waals surface area contributed by atoms with Crippen molar-refractivity contribution in [3.05, 3.63) is 53.0 Å². The molecule has 0 saturated carbocycles. The van der Waals surface area contributed by atoms with E-state index in [-0.39, 0.29) is 0 Å². The van der Waals surface area contributed by atoms with Gasteiger partial charge < -0.3 is 0 Å². The fraction of sp³-hybridized carbons (Fsp3) is 0.214. The summed E-state index contributed by atoms with van der Waals surface area (Å²) < 4.78 is 0.980. The van der Waals surface area contributed by atoms with Crippen LogP contribution in [0.3, 0.4) is 0 Å². The van der Waals surface area contributed by atoms with Crippen LogP contribution in [0.5, 0.6) is 0 Å². The van der Waals surface area contributed by atoms with Crippen molar-refractivity contribution in [3.8, 4) is 0 Å². The van der Waals surface area contributed by atoms with Gasteiger partial charge >= 0.3 is 0 Å². The molecule has 0 aromatic heterocycles. The second-order valence-corrected chi connectivity index (χ2v) is 4.73. The van der Waals surface area contributed by atoms with E-state index in [1.807, 2.05) is 44.2 Å². The van der Waals surface area contributed by atoms with E-state index >= 15 is 0 Å². The van der Waals surface area contributed by atoms with Gasteiger partial charge in [-0.15, -0.1) is 0 Å². The molecule has 96 valence electrons. The Hall–Kier alpha value is -1.39. The number of hydrogen-bond acceptors (Lipinski definition) is 3. The third-order valence-electron chi connectivity index (χ3n) is 2.44. The summed E-state index contributed by atoms with van der Waals surface area (Å²) in [6, 6.07) is 5.93. The number of nitrogens with zero attached hydrogens (tertiary/aromatic N) is 2. The van der Waals surface area contributed by atoms with E-state index in [9.17, 15) is 0 Å². The van der Waals surface area contributed by atoms with Crippen LogP contribution in [-0.4, -0.2) is 5.71 Å². The van der Waals surface area contributed by atoms with Crippen LogP contribution in [0.25, 0.3) is 0 Å². The molecule has 2 N–H and O–H groups in total. The second-order valence-electron chi connectivity index (χ2n) is 3.82. The molecular weight excluding hydrogens is 290 g/mol. The van der Waals surface area contributed by atoms with Crippen molar-refractivity contribution in [3.63, 3.8) is 0 Å². The number of hydrogen-bond donors (Lipinski definition) is 1. The highest BCUT2D eigenvalue weighted by Crippen LogP contribution is 2.23. The number of nitrogens with two attached hydrogens (primary N) is 1. The Balaban J connectivity index is 3.01. The maximum Gasteiger partial charge on any atom is 0.0816 e. The predicted octanol–water partition coefficient (Wildman–Crippen LogP) is 3.95. The van der Waals surface area contributed by atoms with E-state index in [0.29, 0.717) is 0 Å². The van der Waals surface area contributed by atoms with E-state index in [2.05, 4.69) is 27.6 Å². The van der Waals surface area contributed by atoms with Crippen LogP contribution in [0.2, 0.25) is 0 Å². The zero-order valence-electron chi connectivity index (χ0n) is 10.7. The van der Waals surface area contributed by atoms with Crippen LogP contribution in [-0.2, 0) is 0 Å². The maximum atomic E-state index is 5.98. The largest absolute Gasteiger partial charge is 0.226 e. The summed E-state index contributed by atoms with van der Waals surface area (Å²) in [6.07, 6.45) is 6.28. The normalized spacial score (nSPS) is 11.9. The van der Waals surface area contributed by atoms with Crippen LogP contribution in [0, 0.1) is 6.92 Å². The van der Waals surface area contributed by atoms with Crippen LogP contribution < -0.4 is 11.0 Å². The van der Waals surface area contributed by atoms with Crippen molar-refractivity contribution in [2.24, 2.45) is 10.9 Å². The van der Waals surface area contributed by atoms with Gasteiger partial charge in [0.15, 0.2) is 0 Å². The Kier molecular flexibility index (Phi) is 5.82. The highest BCUT2D eigenvalue weighted by atomic mass is 79.9. The zero-order valence-corrected chi connectivity index (χ0v) is 12.3. The smallest absolute Gasteiger partial charge is 0.0816 e. The maximum absolute atomic E-state index is 5.98. The third kappa shape index (κ3) is 4.13. The minimum absolute atomic E-state index is 0.811. The standard InChI is InChI=1S/C14H18BrN3/c1-4-6-7-13(5-2)17-18(16)14-10-12(15)9-8-11(14)3/h4,6-10H,1,5,16H2,2-3H3/b7-6-,17-13+. The Morgan fingerprint density at radius 1 is 1.56 bits per heavy atom. The lowest BCUT2D eigenvalue weighted by atomic mass is 10.2. The first-order valence-electron chi connectivity index (χ1n) is 5.76. The molecule has 0 heterocycles. The minimum atomic E-state index is 0.811. The fourth-order valence-electron chi connectivity index (χ4n) is 1.42. The molecule has 1 aromatic rings. The first kappa shape index (κ1) is 14.7. The topological polar surface area (TPSA) is 41.6 Å². The van der Waals surface area contributed by atoms with E-state index in [1.165, 1.54) is 5.12 Å². The van der Waals surface area contributed by atoms with E-state index in [1.54, 1.807) is 6.08 Å². The van der Waals surface area contributed by atoms with Gasteiger partial charge in [0, 0.05) is 4.47 Å². The van der Waals surface area contributed by atoms with E-state index in [4.69, 9.17) is 5.84 Å². The minimum Gasteiger partial charge on any atom is -0.226 e. The summed E-state index contributed by atoms with van der Waals surface area (Å²) in [6.45, 7) is 7.68. The van der Waals surface area contributed by atoms with Gasteiger partial charge in [-0.2, -0.15) is 10.2 Å². The van der Waals surface area contributed by atoms with Crippen molar-refractivity contribution in [1.29, 1.82) is 0 Å². The van der Waals surface area contributed by atoms with Crippen LogP contribution >= 0.6 is 15.9 Å². The number of hydrazone groups is 1. The van der Waals surface area contributed by atoms with Crippen molar-refractivity contribution in [2.75, 3.05) is 5.12 Å².